The Labute approximate surface area is 124 Å². The van der Waals surface area contributed by atoms with Gasteiger partial charge in [0, 0.05) is 24.8 Å². The van der Waals surface area contributed by atoms with Crippen molar-refractivity contribution in [1.82, 2.24) is 0 Å². The molecule has 2 rings (SSSR count). The van der Waals surface area contributed by atoms with Crippen molar-refractivity contribution in [2.45, 2.75) is 58.9 Å². The van der Waals surface area contributed by atoms with Crippen LogP contribution in [0, 0.1) is 5.41 Å². The largest absolute Gasteiger partial charge is 0.371 e. The van der Waals surface area contributed by atoms with Crippen LogP contribution < -0.4 is 10.6 Å². The van der Waals surface area contributed by atoms with Gasteiger partial charge >= 0.3 is 0 Å². The van der Waals surface area contributed by atoms with Gasteiger partial charge in [-0.05, 0) is 42.4 Å². The average Bonchev–Trinajstić information content (AvgIpc) is 2.54. The Morgan fingerprint density at radius 1 is 1.05 bits per heavy atom. The summed E-state index contributed by atoms with van der Waals surface area (Å²) in [4.78, 5) is 2.53. The molecule has 0 aromatic heterocycles. The summed E-state index contributed by atoms with van der Waals surface area (Å²) < 4.78 is 0. The van der Waals surface area contributed by atoms with Crippen LogP contribution >= 0.6 is 0 Å². The van der Waals surface area contributed by atoms with E-state index in [1.807, 2.05) is 0 Å². The summed E-state index contributed by atoms with van der Waals surface area (Å²) in [5.41, 5.74) is 9.29. The molecule has 1 saturated heterocycles. The summed E-state index contributed by atoms with van der Waals surface area (Å²) in [6.07, 6.45) is 6.30. The first kappa shape index (κ1) is 15.4. The highest BCUT2D eigenvalue weighted by Crippen LogP contribution is 2.39. The molecule has 1 aliphatic heterocycles. The average molecular weight is 274 g/mol. The summed E-state index contributed by atoms with van der Waals surface area (Å²) in [5.74, 6) is 0. The smallest absolute Gasteiger partial charge is 0.0366 e. The molecule has 1 aliphatic rings. The van der Waals surface area contributed by atoms with Gasteiger partial charge in [-0.1, -0.05) is 45.7 Å². The number of anilines is 1. The molecule has 20 heavy (non-hydrogen) atoms. The van der Waals surface area contributed by atoms with Gasteiger partial charge in [0.25, 0.3) is 0 Å². The van der Waals surface area contributed by atoms with Crippen molar-refractivity contribution < 1.29 is 0 Å². The van der Waals surface area contributed by atoms with E-state index in [1.54, 1.807) is 0 Å². The van der Waals surface area contributed by atoms with E-state index in [-0.39, 0.29) is 6.04 Å². The maximum absolute atomic E-state index is 6.08. The van der Waals surface area contributed by atoms with Crippen LogP contribution in [0.2, 0.25) is 0 Å². The van der Waals surface area contributed by atoms with Gasteiger partial charge in [-0.25, -0.2) is 0 Å². The molecule has 2 heteroatoms. The maximum Gasteiger partial charge on any atom is 0.0366 e. The number of hydrogen-bond donors (Lipinski definition) is 1. The minimum absolute atomic E-state index is 0.179. The van der Waals surface area contributed by atoms with Crippen LogP contribution in [0.15, 0.2) is 24.3 Å². The second-order valence-corrected chi connectivity index (χ2v) is 6.30. The number of nitrogens with two attached hydrogens (primary N) is 1. The topological polar surface area (TPSA) is 29.3 Å². The first-order valence-electron chi connectivity index (χ1n) is 8.24. The third kappa shape index (κ3) is 3.17. The molecular formula is C18H30N2. The van der Waals surface area contributed by atoms with Gasteiger partial charge in [-0.2, -0.15) is 0 Å². The molecule has 0 saturated carbocycles. The first-order valence-corrected chi connectivity index (χ1v) is 8.24. The Morgan fingerprint density at radius 3 is 2.05 bits per heavy atom. The van der Waals surface area contributed by atoms with E-state index in [0.29, 0.717) is 5.41 Å². The van der Waals surface area contributed by atoms with Crippen molar-refractivity contribution in [3.63, 3.8) is 0 Å². The lowest BCUT2D eigenvalue weighted by molar-refractivity contribution is 0.199. The van der Waals surface area contributed by atoms with Gasteiger partial charge in [0.15, 0.2) is 0 Å². The molecule has 112 valence electrons. The summed E-state index contributed by atoms with van der Waals surface area (Å²) in [6, 6.07) is 9.07. The van der Waals surface area contributed by atoms with Crippen LogP contribution in [-0.4, -0.2) is 13.1 Å². The van der Waals surface area contributed by atoms with Crippen LogP contribution in [0.1, 0.15) is 64.5 Å². The number of rotatable bonds is 5. The van der Waals surface area contributed by atoms with E-state index in [2.05, 4.69) is 49.9 Å². The molecule has 1 atom stereocenters. The first-order chi connectivity index (χ1) is 9.64. The fourth-order valence-corrected chi connectivity index (χ4v) is 3.36. The highest BCUT2D eigenvalue weighted by Gasteiger charge is 2.31. The number of hydrogen-bond acceptors (Lipinski definition) is 2. The van der Waals surface area contributed by atoms with Crippen LogP contribution in [0.3, 0.4) is 0 Å². The van der Waals surface area contributed by atoms with Crippen LogP contribution in [0.4, 0.5) is 5.69 Å². The molecule has 1 aromatic carbocycles. The maximum atomic E-state index is 6.08. The van der Waals surface area contributed by atoms with E-state index in [4.69, 9.17) is 5.73 Å². The summed E-state index contributed by atoms with van der Waals surface area (Å²) >= 11 is 0. The molecular weight excluding hydrogens is 244 g/mol. The third-order valence-electron chi connectivity index (χ3n) is 5.45. The van der Waals surface area contributed by atoms with Gasteiger partial charge in [0.1, 0.15) is 0 Å². The molecule has 1 fully saturated rings. The zero-order chi connectivity index (χ0) is 14.6. The molecule has 0 amide bonds. The number of piperidine rings is 1. The van der Waals surface area contributed by atoms with Crippen molar-refractivity contribution in [2.24, 2.45) is 11.1 Å². The highest BCUT2D eigenvalue weighted by atomic mass is 15.1. The lowest BCUT2D eigenvalue weighted by atomic mass is 9.74. The summed E-state index contributed by atoms with van der Waals surface area (Å²) in [7, 11) is 0. The SMILES string of the molecule is CC[C@H](N)c1ccc(N2CCC(CC)(CC)CC2)cc1. The second-order valence-electron chi connectivity index (χ2n) is 6.30. The minimum atomic E-state index is 0.179. The fourth-order valence-electron chi connectivity index (χ4n) is 3.36. The molecule has 2 nitrogen and oxygen atoms in total. The molecule has 1 heterocycles. The third-order valence-corrected chi connectivity index (χ3v) is 5.45. The van der Waals surface area contributed by atoms with E-state index >= 15 is 0 Å². The zero-order valence-corrected chi connectivity index (χ0v) is 13.4. The van der Waals surface area contributed by atoms with Gasteiger partial charge in [0.2, 0.25) is 0 Å². The minimum Gasteiger partial charge on any atom is -0.371 e. The Bertz CT molecular complexity index is 396. The van der Waals surface area contributed by atoms with Crippen molar-refractivity contribution >= 4 is 5.69 Å². The monoisotopic (exact) mass is 274 g/mol. The van der Waals surface area contributed by atoms with Crippen LogP contribution in [-0.2, 0) is 0 Å². The molecule has 1 aromatic rings. The van der Waals surface area contributed by atoms with Crippen LogP contribution in [0.5, 0.6) is 0 Å². The quantitative estimate of drug-likeness (QED) is 0.856. The zero-order valence-electron chi connectivity index (χ0n) is 13.4. The van der Waals surface area contributed by atoms with Gasteiger partial charge in [-0.15, -0.1) is 0 Å². The predicted octanol–water partition coefficient (Wildman–Crippen LogP) is 4.50. The molecule has 0 bridgehead atoms. The number of nitrogens with zero attached hydrogens (tertiary/aromatic N) is 1. The molecule has 0 radical (unpaired) electrons. The molecule has 0 aliphatic carbocycles. The normalized spacial score (nSPS) is 19.9. The Kier molecular flexibility index (Phi) is 5.09. The standard InChI is InChI=1S/C18H30N2/c1-4-17(19)15-7-9-16(10-8-15)20-13-11-18(5-2,6-3)12-14-20/h7-10,17H,4-6,11-14,19H2,1-3H3/t17-/m0/s1. The second kappa shape index (κ2) is 6.62. The lowest BCUT2D eigenvalue weighted by Crippen LogP contribution is -2.39. The van der Waals surface area contributed by atoms with E-state index in [9.17, 15) is 0 Å². The van der Waals surface area contributed by atoms with Gasteiger partial charge in [-0.3, -0.25) is 0 Å². The summed E-state index contributed by atoms with van der Waals surface area (Å²) in [6.45, 7) is 9.22. The van der Waals surface area contributed by atoms with Gasteiger partial charge in [0.05, 0.1) is 0 Å². The predicted molar refractivity (Wildman–Crippen MR) is 88.1 cm³/mol. The highest BCUT2D eigenvalue weighted by molar-refractivity contribution is 5.48. The van der Waals surface area contributed by atoms with Crippen molar-refractivity contribution in [1.29, 1.82) is 0 Å². The molecule has 0 spiro atoms. The summed E-state index contributed by atoms with van der Waals surface area (Å²) in [5, 5.41) is 0. The lowest BCUT2D eigenvalue weighted by Gasteiger charge is -2.42. The molecule has 2 N–H and O–H groups in total. The van der Waals surface area contributed by atoms with Crippen molar-refractivity contribution in [2.75, 3.05) is 18.0 Å². The van der Waals surface area contributed by atoms with E-state index in [1.165, 1.54) is 50.0 Å². The van der Waals surface area contributed by atoms with Gasteiger partial charge < -0.3 is 10.6 Å². The fraction of sp³-hybridized carbons (Fsp3) is 0.667. The Hall–Kier alpha value is -1.02. The van der Waals surface area contributed by atoms with E-state index < -0.39 is 0 Å². The Balaban J connectivity index is 2.00. The van der Waals surface area contributed by atoms with E-state index in [0.717, 1.165) is 6.42 Å². The number of benzene rings is 1. The van der Waals surface area contributed by atoms with Crippen molar-refractivity contribution in [3.8, 4) is 0 Å². The van der Waals surface area contributed by atoms with Crippen LogP contribution in [0.25, 0.3) is 0 Å². The van der Waals surface area contributed by atoms with Crippen molar-refractivity contribution in [3.05, 3.63) is 29.8 Å². The Morgan fingerprint density at radius 2 is 1.60 bits per heavy atom. The molecule has 0 unspecified atom stereocenters.